The van der Waals surface area contributed by atoms with Gasteiger partial charge in [-0.25, -0.2) is 4.79 Å². The number of ether oxygens (including phenoxy) is 1. The smallest absolute Gasteiger partial charge is 0.407 e. The molecule has 1 N–H and O–H groups in total. The number of nitrogens with one attached hydrogen (secondary N) is 1. The summed E-state index contributed by atoms with van der Waals surface area (Å²) in [5, 5.41) is 2.82. The fraction of sp³-hybridized carbons (Fsp3) is 0.692. The van der Waals surface area contributed by atoms with E-state index in [0.29, 0.717) is 0 Å². The highest BCUT2D eigenvalue weighted by molar-refractivity contribution is 5.70. The Morgan fingerprint density at radius 2 is 2.00 bits per heavy atom. The normalized spacial score (nSPS) is 34.8. The van der Waals surface area contributed by atoms with Crippen molar-refractivity contribution in [1.82, 2.24) is 5.32 Å². The van der Waals surface area contributed by atoms with Crippen LogP contribution in [0, 0.1) is 17.8 Å². The number of hydrogen-bond donors (Lipinski definition) is 1. The average molecular weight is 237 g/mol. The summed E-state index contributed by atoms with van der Waals surface area (Å²) in [5.41, 5.74) is -0.506. The maximum atomic E-state index is 11.7. The van der Waals surface area contributed by atoms with Gasteiger partial charge in [-0.3, -0.25) is 0 Å². The molecular weight excluding hydrogens is 218 g/mol. The van der Waals surface area contributed by atoms with Gasteiger partial charge in [0.1, 0.15) is 11.9 Å². The van der Waals surface area contributed by atoms with E-state index in [0.717, 1.165) is 12.7 Å². The van der Waals surface area contributed by atoms with E-state index in [-0.39, 0.29) is 23.8 Å². The highest BCUT2D eigenvalue weighted by atomic mass is 16.6. The van der Waals surface area contributed by atoms with Crippen molar-refractivity contribution in [3.63, 3.8) is 0 Å². The van der Waals surface area contributed by atoms with Gasteiger partial charge in [0.25, 0.3) is 0 Å². The number of allylic oxidation sites excluding steroid dienone is 1. The number of alkyl carbamates (subject to hydrolysis) is 1. The lowest BCUT2D eigenvalue weighted by Crippen LogP contribution is -2.45. The van der Waals surface area contributed by atoms with E-state index in [1.54, 1.807) is 0 Å². The van der Waals surface area contributed by atoms with Crippen molar-refractivity contribution in [2.45, 2.75) is 38.8 Å². The third-order valence-corrected chi connectivity index (χ3v) is 3.36. The molecule has 1 amide bonds. The van der Waals surface area contributed by atoms with E-state index in [2.05, 4.69) is 17.5 Å². The van der Waals surface area contributed by atoms with E-state index in [4.69, 9.17) is 4.74 Å². The Bertz CT molecular complexity index is 356. The number of carbonyl (C=O) groups is 2. The lowest BCUT2D eigenvalue weighted by Gasteiger charge is -2.27. The molecule has 0 aromatic carbocycles. The van der Waals surface area contributed by atoms with Crippen molar-refractivity contribution in [2.24, 2.45) is 17.8 Å². The number of amides is 1. The molecule has 1 fully saturated rings. The third-order valence-electron chi connectivity index (χ3n) is 3.36. The van der Waals surface area contributed by atoms with Gasteiger partial charge in [0, 0.05) is 12.0 Å². The molecule has 94 valence electrons. The van der Waals surface area contributed by atoms with Crippen LogP contribution < -0.4 is 5.32 Å². The van der Waals surface area contributed by atoms with Crippen LogP contribution in [0.5, 0.6) is 0 Å². The molecule has 1 saturated carbocycles. The van der Waals surface area contributed by atoms with Crippen LogP contribution >= 0.6 is 0 Å². The predicted octanol–water partition coefficient (Wildman–Crippen LogP) is 1.90. The van der Waals surface area contributed by atoms with Crippen LogP contribution in [-0.4, -0.2) is 24.0 Å². The predicted molar refractivity (Wildman–Crippen MR) is 63.4 cm³/mol. The van der Waals surface area contributed by atoms with Crippen molar-refractivity contribution in [1.29, 1.82) is 0 Å². The molecule has 17 heavy (non-hydrogen) atoms. The Hall–Kier alpha value is -1.32. The van der Waals surface area contributed by atoms with Crippen molar-refractivity contribution >= 4 is 12.4 Å². The summed E-state index contributed by atoms with van der Waals surface area (Å²) in [5.74, 6) is 0.470. The highest BCUT2D eigenvalue weighted by Crippen LogP contribution is 2.42. The van der Waals surface area contributed by atoms with Gasteiger partial charge >= 0.3 is 6.09 Å². The van der Waals surface area contributed by atoms with Crippen LogP contribution in [0.1, 0.15) is 27.2 Å². The molecule has 2 aliphatic rings. The minimum Gasteiger partial charge on any atom is -0.444 e. The lowest BCUT2D eigenvalue weighted by atomic mass is 9.90. The quantitative estimate of drug-likeness (QED) is 0.589. The second-order valence-corrected chi connectivity index (χ2v) is 5.83. The van der Waals surface area contributed by atoms with Crippen LogP contribution in [0.3, 0.4) is 0 Å². The van der Waals surface area contributed by atoms with E-state index in [1.165, 1.54) is 0 Å². The largest absolute Gasteiger partial charge is 0.444 e. The summed E-state index contributed by atoms with van der Waals surface area (Å²) in [7, 11) is 0. The summed E-state index contributed by atoms with van der Waals surface area (Å²) >= 11 is 0. The molecule has 2 unspecified atom stereocenters. The molecule has 4 heteroatoms. The molecule has 0 saturated heterocycles. The molecule has 0 aliphatic heterocycles. The SMILES string of the molecule is CC(C)(C)OC(=O)N[C@H]1C2C=CC(C2)[C@H]1C=O. The summed E-state index contributed by atoms with van der Waals surface area (Å²) in [6, 6.07) is -0.0997. The zero-order valence-corrected chi connectivity index (χ0v) is 10.5. The molecule has 2 rings (SSSR count). The zero-order chi connectivity index (χ0) is 12.6. The molecule has 0 aromatic rings. The third kappa shape index (κ3) is 2.51. The van der Waals surface area contributed by atoms with E-state index in [9.17, 15) is 9.59 Å². The fourth-order valence-electron chi connectivity index (χ4n) is 2.69. The molecule has 2 aliphatic carbocycles. The van der Waals surface area contributed by atoms with Gasteiger partial charge in [-0.15, -0.1) is 0 Å². The molecule has 2 bridgehead atoms. The van der Waals surface area contributed by atoms with Gasteiger partial charge < -0.3 is 14.8 Å². The molecule has 0 radical (unpaired) electrons. The van der Waals surface area contributed by atoms with Crippen molar-refractivity contribution < 1.29 is 14.3 Å². The maximum Gasteiger partial charge on any atom is 0.407 e. The van der Waals surface area contributed by atoms with Crippen LogP contribution in [0.4, 0.5) is 4.79 Å². The van der Waals surface area contributed by atoms with E-state index >= 15 is 0 Å². The Kier molecular flexibility index (Phi) is 2.98. The first kappa shape index (κ1) is 12.1. The zero-order valence-electron chi connectivity index (χ0n) is 10.5. The Balaban J connectivity index is 1.97. The fourth-order valence-corrected chi connectivity index (χ4v) is 2.69. The maximum absolute atomic E-state index is 11.7. The van der Waals surface area contributed by atoms with Gasteiger partial charge in [-0.2, -0.15) is 0 Å². The van der Waals surface area contributed by atoms with Crippen LogP contribution in [0.2, 0.25) is 0 Å². The summed E-state index contributed by atoms with van der Waals surface area (Å²) in [4.78, 5) is 22.7. The molecule has 4 atom stereocenters. The van der Waals surface area contributed by atoms with Gasteiger partial charge in [0.2, 0.25) is 0 Å². The second-order valence-electron chi connectivity index (χ2n) is 5.83. The Morgan fingerprint density at radius 3 is 2.59 bits per heavy atom. The number of hydrogen-bond acceptors (Lipinski definition) is 3. The monoisotopic (exact) mass is 237 g/mol. The molecule has 0 aromatic heterocycles. The topological polar surface area (TPSA) is 55.4 Å². The van der Waals surface area contributed by atoms with Crippen LogP contribution in [0.25, 0.3) is 0 Å². The summed E-state index contributed by atoms with van der Waals surface area (Å²) < 4.78 is 5.21. The first-order valence-electron chi connectivity index (χ1n) is 6.04. The number of aldehydes is 1. The standard InChI is InChI=1S/C13H19NO3/c1-13(2,3)17-12(16)14-11-9-5-4-8(6-9)10(11)7-15/h4-5,7-11H,6H2,1-3H3,(H,14,16)/t8?,9?,10-,11+/m1/s1. The lowest BCUT2D eigenvalue weighted by molar-refractivity contribution is -0.112. The number of fused-ring (bicyclic) bond motifs is 2. The van der Waals surface area contributed by atoms with Crippen molar-refractivity contribution in [3.05, 3.63) is 12.2 Å². The van der Waals surface area contributed by atoms with Crippen LogP contribution in [-0.2, 0) is 9.53 Å². The minimum atomic E-state index is -0.506. The van der Waals surface area contributed by atoms with Crippen molar-refractivity contribution in [3.8, 4) is 0 Å². The minimum absolute atomic E-state index is 0.0995. The first-order chi connectivity index (χ1) is 7.90. The summed E-state index contributed by atoms with van der Waals surface area (Å²) in [6.45, 7) is 5.47. The molecular formula is C13H19NO3. The molecule has 4 nitrogen and oxygen atoms in total. The van der Waals surface area contributed by atoms with Gasteiger partial charge in [-0.1, -0.05) is 12.2 Å². The molecule has 0 spiro atoms. The number of carbonyl (C=O) groups excluding carboxylic acids is 2. The average Bonchev–Trinajstić information content (AvgIpc) is 2.74. The van der Waals surface area contributed by atoms with Crippen LogP contribution in [0.15, 0.2) is 12.2 Å². The van der Waals surface area contributed by atoms with Gasteiger partial charge in [-0.05, 0) is 39.0 Å². The van der Waals surface area contributed by atoms with Gasteiger partial charge in [0.05, 0.1) is 0 Å². The first-order valence-corrected chi connectivity index (χ1v) is 6.04. The molecule has 0 heterocycles. The van der Waals surface area contributed by atoms with E-state index < -0.39 is 11.7 Å². The number of rotatable bonds is 2. The highest BCUT2D eigenvalue weighted by Gasteiger charge is 2.45. The Labute approximate surface area is 101 Å². The van der Waals surface area contributed by atoms with Crippen molar-refractivity contribution in [2.75, 3.05) is 0 Å². The second kappa shape index (κ2) is 4.17. The van der Waals surface area contributed by atoms with Gasteiger partial charge in [0.15, 0.2) is 0 Å². The summed E-state index contributed by atoms with van der Waals surface area (Å²) in [6.07, 6.45) is 5.65. The Morgan fingerprint density at radius 1 is 1.35 bits per heavy atom. The van der Waals surface area contributed by atoms with E-state index in [1.807, 2.05) is 20.8 Å².